The Morgan fingerprint density at radius 1 is 1.37 bits per heavy atom. The van der Waals surface area contributed by atoms with Crippen molar-refractivity contribution in [3.8, 4) is 0 Å². The molecule has 0 saturated heterocycles. The standard InChI is InChI=1S/C19H22N4O2S2/c1-4-8-23-18(24)16-12-6-5-7-13(12)27-17(16)21-19(23)26-10-15-20-14(22-25-15)9-11(2)3/h4,11H,1,5-10H2,2-3H3. The molecule has 27 heavy (non-hydrogen) atoms. The summed E-state index contributed by atoms with van der Waals surface area (Å²) in [6, 6.07) is 0. The number of nitrogens with zero attached hydrogens (tertiary/aromatic N) is 4. The Morgan fingerprint density at radius 3 is 3.00 bits per heavy atom. The predicted octanol–water partition coefficient (Wildman–Crippen LogP) is 4.01. The van der Waals surface area contributed by atoms with Crippen LogP contribution in [0, 0.1) is 5.92 Å². The SMILES string of the molecule is C=CCn1c(SCc2nc(CC(C)C)no2)nc2sc3c(c2c1=O)CCC3. The molecule has 0 amide bonds. The number of fused-ring (bicyclic) bond motifs is 3. The second kappa shape index (κ2) is 7.59. The van der Waals surface area contributed by atoms with Crippen LogP contribution in [0.4, 0.5) is 0 Å². The van der Waals surface area contributed by atoms with Crippen LogP contribution in [-0.4, -0.2) is 19.7 Å². The van der Waals surface area contributed by atoms with E-state index in [1.807, 2.05) is 0 Å². The van der Waals surface area contributed by atoms with E-state index < -0.39 is 0 Å². The van der Waals surface area contributed by atoms with Crippen molar-refractivity contribution in [2.24, 2.45) is 5.92 Å². The summed E-state index contributed by atoms with van der Waals surface area (Å²) in [4.78, 5) is 24.5. The normalized spacial score (nSPS) is 13.6. The van der Waals surface area contributed by atoms with E-state index in [4.69, 9.17) is 9.51 Å². The lowest BCUT2D eigenvalue weighted by Crippen LogP contribution is -2.22. The third-order valence-corrected chi connectivity index (χ3v) is 6.67. The molecule has 0 N–H and O–H groups in total. The Hall–Kier alpha value is -1.93. The molecule has 4 rings (SSSR count). The van der Waals surface area contributed by atoms with Gasteiger partial charge in [0.2, 0.25) is 5.89 Å². The van der Waals surface area contributed by atoms with Crippen molar-refractivity contribution in [3.05, 3.63) is 45.2 Å². The van der Waals surface area contributed by atoms with E-state index in [1.165, 1.54) is 22.2 Å². The Labute approximate surface area is 165 Å². The van der Waals surface area contributed by atoms with Crippen LogP contribution in [0.1, 0.15) is 42.4 Å². The molecule has 6 nitrogen and oxygen atoms in total. The van der Waals surface area contributed by atoms with Crippen LogP contribution in [0.15, 0.2) is 27.1 Å². The fourth-order valence-corrected chi connectivity index (χ4v) is 5.53. The first kappa shape index (κ1) is 18.4. The highest BCUT2D eigenvalue weighted by molar-refractivity contribution is 7.98. The third kappa shape index (κ3) is 3.60. The highest BCUT2D eigenvalue weighted by atomic mass is 32.2. The monoisotopic (exact) mass is 402 g/mol. The van der Waals surface area contributed by atoms with Crippen LogP contribution in [-0.2, 0) is 31.6 Å². The summed E-state index contributed by atoms with van der Waals surface area (Å²) in [5.74, 6) is 2.25. The second-order valence-electron chi connectivity index (χ2n) is 7.13. The first-order chi connectivity index (χ1) is 13.1. The van der Waals surface area contributed by atoms with Crippen LogP contribution < -0.4 is 5.56 Å². The molecule has 3 aromatic heterocycles. The Kier molecular flexibility index (Phi) is 5.19. The molecule has 0 saturated carbocycles. The van der Waals surface area contributed by atoms with Crippen LogP contribution in [0.2, 0.25) is 0 Å². The Balaban J connectivity index is 1.64. The summed E-state index contributed by atoms with van der Waals surface area (Å²) in [5.41, 5.74) is 1.24. The van der Waals surface area contributed by atoms with Gasteiger partial charge in [0, 0.05) is 17.8 Å². The fraction of sp³-hybridized carbons (Fsp3) is 0.474. The molecule has 142 valence electrons. The fourth-order valence-electron chi connectivity index (χ4n) is 3.38. The van der Waals surface area contributed by atoms with Crippen LogP contribution in [0.3, 0.4) is 0 Å². The number of aryl methyl sites for hydroxylation is 2. The van der Waals surface area contributed by atoms with Gasteiger partial charge in [-0.15, -0.1) is 17.9 Å². The minimum Gasteiger partial charge on any atom is -0.338 e. The highest BCUT2D eigenvalue weighted by Gasteiger charge is 2.23. The molecule has 0 unspecified atom stereocenters. The zero-order valence-electron chi connectivity index (χ0n) is 15.5. The number of allylic oxidation sites excluding steroid dienone is 1. The van der Waals surface area contributed by atoms with Crippen LogP contribution >= 0.6 is 23.1 Å². The molecule has 0 radical (unpaired) electrons. The van der Waals surface area contributed by atoms with Gasteiger partial charge in [-0.25, -0.2) is 4.98 Å². The summed E-state index contributed by atoms with van der Waals surface area (Å²) in [7, 11) is 0. The van der Waals surface area contributed by atoms with Crippen LogP contribution in [0.25, 0.3) is 10.2 Å². The van der Waals surface area contributed by atoms with Gasteiger partial charge in [0.25, 0.3) is 5.56 Å². The van der Waals surface area contributed by atoms with Gasteiger partial charge in [-0.2, -0.15) is 4.98 Å². The molecule has 1 aliphatic carbocycles. The molecular formula is C19H22N4O2S2. The number of hydrogen-bond donors (Lipinski definition) is 0. The zero-order chi connectivity index (χ0) is 19.0. The van der Waals surface area contributed by atoms with Crippen LogP contribution in [0.5, 0.6) is 0 Å². The number of rotatable bonds is 7. The van der Waals surface area contributed by atoms with Crippen molar-refractivity contribution in [3.63, 3.8) is 0 Å². The van der Waals surface area contributed by atoms with E-state index >= 15 is 0 Å². The van der Waals surface area contributed by atoms with Crippen molar-refractivity contribution in [1.82, 2.24) is 19.7 Å². The van der Waals surface area contributed by atoms with E-state index in [9.17, 15) is 4.79 Å². The van der Waals surface area contributed by atoms with Gasteiger partial charge in [-0.1, -0.05) is 36.8 Å². The van der Waals surface area contributed by atoms with Gasteiger partial charge < -0.3 is 4.52 Å². The van der Waals surface area contributed by atoms with Gasteiger partial charge in [0.15, 0.2) is 11.0 Å². The highest BCUT2D eigenvalue weighted by Crippen LogP contribution is 2.35. The van der Waals surface area contributed by atoms with Gasteiger partial charge in [0.05, 0.1) is 11.1 Å². The van der Waals surface area contributed by atoms with Crippen molar-refractivity contribution in [1.29, 1.82) is 0 Å². The largest absolute Gasteiger partial charge is 0.338 e. The topological polar surface area (TPSA) is 73.8 Å². The maximum Gasteiger partial charge on any atom is 0.263 e. The molecule has 0 spiro atoms. The Bertz CT molecular complexity index is 1050. The number of aromatic nitrogens is 4. The minimum atomic E-state index is 0.0350. The van der Waals surface area contributed by atoms with E-state index in [0.29, 0.717) is 29.3 Å². The van der Waals surface area contributed by atoms with E-state index in [2.05, 4.69) is 30.6 Å². The summed E-state index contributed by atoms with van der Waals surface area (Å²) >= 11 is 3.12. The lowest BCUT2D eigenvalue weighted by atomic mass is 10.1. The predicted molar refractivity (Wildman–Crippen MR) is 109 cm³/mol. The molecule has 1 aliphatic rings. The van der Waals surface area contributed by atoms with Gasteiger partial charge in [-0.3, -0.25) is 9.36 Å². The van der Waals surface area contributed by atoms with Crippen molar-refractivity contribution >= 4 is 33.3 Å². The quantitative estimate of drug-likeness (QED) is 0.338. The number of hydrogen-bond acceptors (Lipinski definition) is 7. The van der Waals surface area contributed by atoms with Gasteiger partial charge in [-0.05, 0) is 30.7 Å². The summed E-state index contributed by atoms with van der Waals surface area (Å²) in [6.45, 7) is 8.48. The summed E-state index contributed by atoms with van der Waals surface area (Å²) in [6.07, 6.45) is 5.69. The average Bonchev–Trinajstić information content (AvgIpc) is 3.31. The molecule has 0 bridgehead atoms. The number of thioether (sulfide) groups is 1. The average molecular weight is 403 g/mol. The molecule has 0 aromatic carbocycles. The smallest absolute Gasteiger partial charge is 0.263 e. The molecule has 3 aromatic rings. The van der Waals surface area contributed by atoms with E-state index in [-0.39, 0.29) is 5.56 Å². The molecule has 8 heteroatoms. The number of thiophene rings is 1. The maximum absolute atomic E-state index is 13.1. The second-order valence-corrected chi connectivity index (χ2v) is 9.15. The minimum absolute atomic E-state index is 0.0350. The third-order valence-electron chi connectivity index (χ3n) is 4.53. The first-order valence-corrected chi connectivity index (χ1v) is 11.0. The summed E-state index contributed by atoms with van der Waals surface area (Å²) in [5, 5.41) is 5.50. The van der Waals surface area contributed by atoms with E-state index in [1.54, 1.807) is 22.0 Å². The van der Waals surface area contributed by atoms with Gasteiger partial charge in [0.1, 0.15) is 4.83 Å². The molecule has 0 aliphatic heterocycles. The molecular weight excluding hydrogens is 380 g/mol. The molecule has 0 fully saturated rings. The maximum atomic E-state index is 13.1. The van der Waals surface area contributed by atoms with E-state index in [0.717, 1.165) is 41.7 Å². The molecule has 3 heterocycles. The lowest BCUT2D eigenvalue weighted by molar-refractivity contribution is 0.382. The Morgan fingerprint density at radius 2 is 2.22 bits per heavy atom. The van der Waals surface area contributed by atoms with Crippen molar-refractivity contribution in [2.45, 2.75) is 57.0 Å². The van der Waals surface area contributed by atoms with Crippen molar-refractivity contribution < 1.29 is 4.52 Å². The van der Waals surface area contributed by atoms with Gasteiger partial charge >= 0.3 is 0 Å². The zero-order valence-corrected chi connectivity index (χ0v) is 17.2. The molecule has 0 atom stereocenters. The van der Waals surface area contributed by atoms with Crippen molar-refractivity contribution in [2.75, 3.05) is 0 Å². The lowest BCUT2D eigenvalue weighted by Gasteiger charge is -2.09. The first-order valence-electron chi connectivity index (χ1n) is 9.17. The summed E-state index contributed by atoms with van der Waals surface area (Å²) < 4.78 is 7.04.